The normalized spacial score (nSPS) is 13.4. The zero-order valence-electron chi connectivity index (χ0n) is 11.6. The second kappa shape index (κ2) is 7.44. The minimum atomic E-state index is -1.19. The van der Waals surface area contributed by atoms with Crippen LogP contribution in [0.4, 0.5) is 0 Å². The van der Waals surface area contributed by atoms with E-state index in [1.165, 1.54) is 0 Å². The van der Waals surface area contributed by atoms with Gasteiger partial charge in [0, 0.05) is 24.7 Å². The zero-order valence-corrected chi connectivity index (χ0v) is 11.6. The van der Waals surface area contributed by atoms with Crippen molar-refractivity contribution in [3.8, 4) is 0 Å². The van der Waals surface area contributed by atoms with Gasteiger partial charge in [0.1, 0.15) is 12.1 Å². The summed E-state index contributed by atoms with van der Waals surface area (Å²) in [4.78, 5) is 36.2. The van der Waals surface area contributed by atoms with E-state index in [0.29, 0.717) is 5.69 Å². The van der Waals surface area contributed by atoms with Crippen LogP contribution in [0, 0.1) is 6.92 Å². The van der Waals surface area contributed by atoms with Crippen LogP contribution < -0.4 is 11.1 Å². The number of aryl methyl sites for hydroxylation is 1. The first kappa shape index (κ1) is 16.7. The molecule has 2 unspecified atom stereocenters. The largest absolute Gasteiger partial charge is 0.480 e. The van der Waals surface area contributed by atoms with Gasteiger partial charge in [0.2, 0.25) is 5.91 Å². The number of carbonyl (C=O) groups excluding carboxylic acids is 1. The van der Waals surface area contributed by atoms with Gasteiger partial charge in [-0.3, -0.25) is 9.59 Å². The fourth-order valence-corrected chi connectivity index (χ4v) is 1.78. The molecule has 0 bridgehead atoms. The van der Waals surface area contributed by atoms with E-state index in [1.54, 1.807) is 12.3 Å². The quantitative estimate of drug-likeness (QED) is 0.442. The molecule has 0 saturated carbocycles. The third-order valence-corrected chi connectivity index (χ3v) is 2.94. The van der Waals surface area contributed by atoms with E-state index < -0.39 is 29.9 Å². The van der Waals surface area contributed by atoms with Crippen LogP contribution in [0.25, 0.3) is 0 Å². The van der Waals surface area contributed by atoms with Gasteiger partial charge >= 0.3 is 11.9 Å². The smallest absolute Gasteiger partial charge is 0.326 e. The van der Waals surface area contributed by atoms with E-state index in [2.05, 4.69) is 10.3 Å². The fourth-order valence-electron chi connectivity index (χ4n) is 1.78. The lowest BCUT2D eigenvalue weighted by Crippen LogP contribution is -2.43. The number of nitrogens with one attached hydrogen (secondary N) is 2. The maximum absolute atomic E-state index is 11.6. The van der Waals surface area contributed by atoms with Gasteiger partial charge in [0.25, 0.3) is 0 Å². The number of amides is 1. The number of rotatable bonds is 8. The summed E-state index contributed by atoms with van der Waals surface area (Å²) in [7, 11) is 0. The van der Waals surface area contributed by atoms with Gasteiger partial charge in [-0.15, -0.1) is 0 Å². The molecule has 2 atom stereocenters. The summed E-state index contributed by atoms with van der Waals surface area (Å²) < 4.78 is 0. The maximum atomic E-state index is 11.6. The van der Waals surface area contributed by atoms with Crippen molar-refractivity contribution in [3.05, 3.63) is 23.5 Å². The van der Waals surface area contributed by atoms with E-state index >= 15 is 0 Å². The fraction of sp³-hybridized carbons (Fsp3) is 0.462. The van der Waals surface area contributed by atoms with Gasteiger partial charge in [-0.2, -0.15) is 0 Å². The number of carbonyl (C=O) groups is 3. The molecule has 1 aromatic heterocycles. The van der Waals surface area contributed by atoms with E-state index in [4.69, 9.17) is 15.9 Å². The zero-order chi connectivity index (χ0) is 16.0. The lowest BCUT2D eigenvalue weighted by atomic mass is 10.1. The molecule has 6 N–H and O–H groups in total. The Morgan fingerprint density at radius 3 is 2.48 bits per heavy atom. The molecule has 8 heteroatoms. The molecule has 116 valence electrons. The summed E-state index contributed by atoms with van der Waals surface area (Å²) in [6.45, 7) is 1.86. The van der Waals surface area contributed by atoms with Crippen molar-refractivity contribution >= 4 is 17.8 Å². The Hall–Kier alpha value is -2.35. The molecule has 1 rings (SSSR count). The van der Waals surface area contributed by atoms with Crippen molar-refractivity contribution in [1.29, 1.82) is 0 Å². The number of H-pyrrole nitrogens is 1. The molecule has 1 heterocycles. The van der Waals surface area contributed by atoms with Gasteiger partial charge in [0.15, 0.2) is 0 Å². The molecule has 1 aromatic rings. The van der Waals surface area contributed by atoms with Crippen molar-refractivity contribution in [1.82, 2.24) is 10.3 Å². The summed E-state index contributed by atoms with van der Waals surface area (Å²) in [5, 5.41) is 20.1. The molecule has 8 nitrogen and oxygen atoms in total. The standard InChI is InChI=1S/C13H19N3O5/c1-7-4-8(15-6-7)5-10(13(20)21)16-11(17)3-2-9(14)12(18)19/h4,6,9-10,15H,2-3,5,14H2,1H3,(H,16,17)(H,18,19)(H,20,21). The molecule has 0 aromatic carbocycles. The highest BCUT2D eigenvalue weighted by molar-refractivity contribution is 5.84. The summed E-state index contributed by atoms with van der Waals surface area (Å²) in [6.07, 6.45) is 1.68. The summed E-state index contributed by atoms with van der Waals surface area (Å²) in [6, 6.07) is -0.413. The van der Waals surface area contributed by atoms with Crippen LogP contribution in [0.1, 0.15) is 24.1 Å². The van der Waals surface area contributed by atoms with E-state index in [-0.39, 0.29) is 19.3 Å². The van der Waals surface area contributed by atoms with Crippen LogP contribution in [0.3, 0.4) is 0 Å². The van der Waals surface area contributed by atoms with Crippen molar-refractivity contribution in [2.75, 3.05) is 0 Å². The SMILES string of the molecule is Cc1c[nH]c(CC(NC(=O)CCC(N)C(=O)O)C(=O)O)c1. The molecular weight excluding hydrogens is 278 g/mol. The highest BCUT2D eigenvalue weighted by atomic mass is 16.4. The predicted octanol–water partition coefficient (Wildman–Crippen LogP) is -0.373. The number of aromatic amines is 1. The Labute approximate surface area is 121 Å². The van der Waals surface area contributed by atoms with E-state index in [0.717, 1.165) is 5.56 Å². The summed E-state index contributed by atoms with van der Waals surface area (Å²) in [5.74, 6) is -2.89. The van der Waals surface area contributed by atoms with Gasteiger partial charge < -0.3 is 26.2 Å². The van der Waals surface area contributed by atoms with Crippen LogP contribution in [-0.4, -0.2) is 45.1 Å². The molecule has 0 saturated heterocycles. The molecule has 0 radical (unpaired) electrons. The number of carboxylic acids is 2. The van der Waals surface area contributed by atoms with Crippen LogP contribution in [0.15, 0.2) is 12.3 Å². The monoisotopic (exact) mass is 297 g/mol. The third-order valence-electron chi connectivity index (χ3n) is 2.94. The molecule has 0 aliphatic carbocycles. The summed E-state index contributed by atoms with van der Waals surface area (Å²) >= 11 is 0. The molecule has 0 aliphatic rings. The van der Waals surface area contributed by atoms with E-state index in [9.17, 15) is 14.4 Å². The van der Waals surface area contributed by atoms with Crippen molar-refractivity contribution in [3.63, 3.8) is 0 Å². The minimum Gasteiger partial charge on any atom is -0.480 e. The van der Waals surface area contributed by atoms with Crippen LogP contribution in [0.5, 0.6) is 0 Å². The van der Waals surface area contributed by atoms with E-state index in [1.807, 2.05) is 6.92 Å². The summed E-state index contributed by atoms with van der Waals surface area (Å²) in [5.41, 5.74) is 6.94. The lowest BCUT2D eigenvalue weighted by Gasteiger charge is -2.14. The minimum absolute atomic E-state index is 0.0465. The lowest BCUT2D eigenvalue weighted by molar-refractivity contribution is -0.142. The molecule has 21 heavy (non-hydrogen) atoms. The Morgan fingerprint density at radius 2 is 2.00 bits per heavy atom. The molecule has 0 aliphatic heterocycles. The van der Waals surface area contributed by atoms with Crippen molar-refractivity contribution in [2.45, 2.75) is 38.3 Å². The second-order valence-electron chi connectivity index (χ2n) is 4.85. The second-order valence-corrected chi connectivity index (χ2v) is 4.85. The highest BCUT2D eigenvalue weighted by Gasteiger charge is 2.22. The maximum Gasteiger partial charge on any atom is 0.326 e. The first-order valence-corrected chi connectivity index (χ1v) is 6.44. The average molecular weight is 297 g/mol. The highest BCUT2D eigenvalue weighted by Crippen LogP contribution is 2.06. The molecular formula is C13H19N3O5. The Morgan fingerprint density at radius 1 is 1.33 bits per heavy atom. The molecule has 0 spiro atoms. The number of nitrogens with two attached hydrogens (primary N) is 1. The molecule has 1 amide bonds. The van der Waals surface area contributed by atoms with Crippen molar-refractivity contribution in [2.24, 2.45) is 5.73 Å². The number of carboxylic acid groups (broad SMARTS) is 2. The van der Waals surface area contributed by atoms with Crippen LogP contribution in [0.2, 0.25) is 0 Å². The van der Waals surface area contributed by atoms with Gasteiger partial charge in [-0.25, -0.2) is 4.79 Å². The van der Waals surface area contributed by atoms with Gasteiger partial charge in [-0.05, 0) is 25.0 Å². The predicted molar refractivity (Wildman–Crippen MR) is 73.6 cm³/mol. The van der Waals surface area contributed by atoms with Crippen LogP contribution >= 0.6 is 0 Å². The first-order chi connectivity index (χ1) is 9.79. The Bertz CT molecular complexity index is 526. The van der Waals surface area contributed by atoms with Crippen LogP contribution in [-0.2, 0) is 20.8 Å². The van der Waals surface area contributed by atoms with Gasteiger partial charge in [-0.1, -0.05) is 0 Å². The average Bonchev–Trinajstić information content (AvgIpc) is 2.80. The number of hydrogen-bond donors (Lipinski definition) is 5. The number of aromatic nitrogens is 1. The van der Waals surface area contributed by atoms with Gasteiger partial charge in [0.05, 0.1) is 0 Å². The third kappa shape index (κ3) is 5.65. The Balaban J connectivity index is 2.52. The first-order valence-electron chi connectivity index (χ1n) is 6.44. The number of aliphatic carboxylic acids is 2. The topological polar surface area (TPSA) is 146 Å². The van der Waals surface area contributed by atoms with Crippen molar-refractivity contribution < 1.29 is 24.6 Å². The number of hydrogen-bond acceptors (Lipinski definition) is 4. The molecule has 0 fully saturated rings. The Kier molecular flexibility index (Phi) is 5.92.